The van der Waals surface area contributed by atoms with Crippen molar-refractivity contribution in [2.45, 2.75) is 0 Å². The minimum atomic E-state index is -0.460. The summed E-state index contributed by atoms with van der Waals surface area (Å²) in [6.07, 6.45) is 1.78. The molecule has 2 aromatic rings. The molecule has 0 radical (unpaired) electrons. The van der Waals surface area contributed by atoms with Gasteiger partial charge in [0, 0.05) is 0 Å². The molecule has 2 rings (SSSR count). The first-order valence-corrected chi connectivity index (χ1v) is 4.24. The fraction of sp³-hybridized carbons (Fsp3) is 0. The monoisotopic (exact) mass is 223 g/mol. The Balaban J connectivity index is 3.08. The first-order chi connectivity index (χ1) is 7.43. The average Bonchev–Trinajstić information content (AvgIpc) is 2.22. The minimum Gasteiger partial charge on any atom is -0.614 e. The Labute approximate surface area is 89.3 Å². The predicted molar refractivity (Wildman–Crippen MR) is 56.8 cm³/mol. The van der Waals surface area contributed by atoms with Gasteiger partial charge in [0.15, 0.2) is 11.4 Å². The maximum Gasteiger partial charge on any atom is 0.430 e. The van der Waals surface area contributed by atoms with Gasteiger partial charge in [-0.1, -0.05) is 0 Å². The van der Waals surface area contributed by atoms with Gasteiger partial charge in [-0.3, -0.25) is 0 Å². The second-order valence-corrected chi connectivity index (χ2v) is 3.28. The number of nitrogens with two attached hydrogens (primary N) is 3. The standard InChI is InChI=1S/C8H9N5O3/c9-4-3-1-12(15)2-13(16)7(3)6(11)8(14)5(4)10/h1-2,14H,9-11H2. The Morgan fingerprint density at radius 2 is 1.69 bits per heavy atom. The zero-order valence-corrected chi connectivity index (χ0v) is 8.04. The summed E-state index contributed by atoms with van der Waals surface area (Å²) in [5.41, 5.74) is 16.1. The van der Waals surface area contributed by atoms with Crippen LogP contribution < -0.4 is 26.7 Å². The lowest BCUT2D eigenvalue weighted by Crippen LogP contribution is -2.41. The van der Waals surface area contributed by atoms with Crippen LogP contribution in [0.1, 0.15) is 0 Å². The van der Waals surface area contributed by atoms with Crippen LogP contribution in [0.15, 0.2) is 12.5 Å². The molecule has 84 valence electrons. The van der Waals surface area contributed by atoms with Crippen molar-refractivity contribution in [1.82, 2.24) is 0 Å². The first kappa shape index (κ1) is 9.90. The van der Waals surface area contributed by atoms with Crippen molar-refractivity contribution in [2.24, 2.45) is 0 Å². The number of phenolic OH excluding ortho intramolecular Hbond substituents is 1. The average molecular weight is 223 g/mol. The highest BCUT2D eigenvalue weighted by molar-refractivity contribution is 6.04. The topological polar surface area (TPSA) is 152 Å². The Morgan fingerprint density at radius 1 is 1.06 bits per heavy atom. The second-order valence-electron chi connectivity index (χ2n) is 3.28. The summed E-state index contributed by atoms with van der Waals surface area (Å²) in [5, 5.41) is 32.1. The van der Waals surface area contributed by atoms with Crippen molar-refractivity contribution < 1.29 is 14.6 Å². The van der Waals surface area contributed by atoms with E-state index >= 15 is 0 Å². The summed E-state index contributed by atoms with van der Waals surface area (Å²) in [5.74, 6) is -0.460. The molecular weight excluding hydrogens is 214 g/mol. The largest absolute Gasteiger partial charge is 0.614 e. The summed E-state index contributed by atoms with van der Waals surface area (Å²) in [7, 11) is 0. The summed E-state index contributed by atoms with van der Waals surface area (Å²) in [4.78, 5) is 0. The Morgan fingerprint density at radius 3 is 2.31 bits per heavy atom. The van der Waals surface area contributed by atoms with Gasteiger partial charge < -0.3 is 32.7 Å². The molecule has 0 saturated heterocycles. The van der Waals surface area contributed by atoms with Gasteiger partial charge in [0.05, 0.1) is 5.69 Å². The summed E-state index contributed by atoms with van der Waals surface area (Å²) in [6.45, 7) is 0. The molecule has 1 aromatic heterocycles. The first-order valence-electron chi connectivity index (χ1n) is 4.24. The molecular formula is C8H9N5O3. The molecule has 0 bridgehead atoms. The van der Waals surface area contributed by atoms with Crippen LogP contribution >= 0.6 is 0 Å². The van der Waals surface area contributed by atoms with E-state index in [9.17, 15) is 15.5 Å². The van der Waals surface area contributed by atoms with E-state index in [-0.39, 0.29) is 37.4 Å². The minimum absolute atomic E-state index is 0.0588. The quantitative estimate of drug-likeness (QED) is 0.186. The van der Waals surface area contributed by atoms with Crippen LogP contribution in [-0.4, -0.2) is 5.11 Å². The third-order valence-corrected chi connectivity index (χ3v) is 2.30. The van der Waals surface area contributed by atoms with E-state index in [4.69, 9.17) is 17.2 Å². The van der Waals surface area contributed by atoms with Gasteiger partial charge in [0.1, 0.15) is 11.1 Å². The number of rotatable bonds is 0. The summed E-state index contributed by atoms with van der Waals surface area (Å²) < 4.78 is 0.509. The molecule has 8 nitrogen and oxygen atoms in total. The maximum atomic E-state index is 11.4. The fourth-order valence-corrected chi connectivity index (χ4v) is 1.49. The van der Waals surface area contributed by atoms with E-state index in [0.29, 0.717) is 6.33 Å². The van der Waals surface area contributed by atoms with Crippen LogP contribution in [0.2, 0.25) is 0 Å². The maximum absolute atomic E-state index is 11.4. The third-order valence-electron chi connectivity index (χ3n) is 2.30. The smallest absolute Gasteiger partial charge is 0.430 e. The van der Waals surface area contributed by atoms with Gasteiger partial charge in [-0.25, -0.2) is 0 Å². The number of fused-ring (bicyclic) bond motifs is 1. The van der Waals surface area contributed by atoms with Crippen LogP contribution in [0.4, 0.5) is 17.1 Å². The zero-order valence-electron chi connectivity index (χ0n) is 8.04. The van der Waals surface area contributed by atoms with Crippen LogP contribution in [0.25, 0.3) is 10.9 Å². The lowest BCUT2D eigenvalue weighted by Gasteiger charge is -2.09. The Kier molecular flexibility index (Phi) is 1.81. The van der Waals surface area contributed by atoms with Gasteiger partial charge in [-0.15, -0.1) is 9.46 Å². The molecule has 16 heavy (non-hydrogen) atoms. The van der Waals surface area contributed by atoms with E-state index in [0.717, 1.165) is 6.20 Å². The molecule has 0 spiro atoms. The molecule has 0 aliphatic heterocycles. The van der Waals surface area contributed by atoms with E-state index in [1.165, 1.54) is 0 Å². The molecule has 8 heteroatoms. The lowest BCUT2D eigenvalue weighted by molar-refractivity contribution is -0.730. The molecule has 0 aliphatic rings. The SMILES string of the molecule is Nc1c(O)c(N)c2c(c[n+]([O-])c[n+]2[O-])c1N. The van der Waals surface area contributed by atoms with Crippen molar-refractivity contribution in [2.75, 3.05) is 17.2 Å². The third kappa shape index (κ3) is 1.10. The highest BCUT2D eigenvalue weighted by atomic mass is 16.5. The van der Waals surface area contributed by atoms with Crippen molar-refractivity contribution >= 4 is 28.0 Å². The van der Waals surface area contributed by atoms with Gasteiger partial charge in [0.2, 0.25) is 6.20 Å². The molecule has 0 fully saturated rings. The number of hydrogen-bond acceptors (Lipinski definition) is 6. The number of nitrogen functional groups attached to an aromatic ring is 3. The van der Waals surface area contributed by atoms with E-state index in [1.54, 1.807) is 0 Å². The number of benzene rings is 1. The van der Waals surface area contributed by atoms with Gasteiger partial charge in [-0.2, -0.15) is 0 Å². The van der Waals surface area contributed by atoms with E-state index in [1.807, 2.05) is 0 Å². The molecule has 0 saturated carbocycles. The van der Waals surface area contributed by atoms with E-state index in [2.05, 4.69) is 0 Å². The Hall–Kier alpha value is -2.64. The number of anilines is 3. The van der Waals surface area contributed by atoms with E-state index < -0.39 is 5.75 Å². The molecule has 1 aromatic carbocycles. The number of phenols is 1. The van der Waals surface area contributed by atoms with Gasteiger partial charge >= 0.3 is 6.33 Å². The second kappa shape index (κ2) is 2.92. The number of hydrogen-bond donors (Lipinski definition) is 4. The van der Waals surface area contributed by atoms with Crippen molar-refractivity contribution in [1.29, 1.82) is 0 Å². The normalized spacial score (nSPS) is 10.8. The van der Waals surface area contributed by atoms with Crippen LogP contribution in [-0.2, 0) is 0 Å². The molecule has 1 heterocycles. The predicted octanol–water partition coefficient (Wildman–Crippen LogP) is -1.44. The number of aromatic hydroxyl groups is 1. The van der Waals surface area contributed by atoms with Crippen LogP contribution in [0.5, 0.6) is 5.75 Å². The summed E-state index contributed by atoms with van der Waals surface area (Å²) >= 11 is 0. The lowest BCUT2D eigenvalue weighted by atomic mass is 10.1. The van der Waals surface area contributed by atoms with Crippen molar-refractivity contribution in [3.63, 3.8) is 0 Å². The summed E-state index contributed by atoms with van der Waals surface area (Å²) in [6, 6.07) is 0. The molecule has 0 atom stereocenters. The highest BCUT2D eigenvalue weighted by Crippen LogP contribution is 2.38. The molecule has 0 unspecified atom stereocenters. The zero-order chi connectivity index (χ0) is 12.0. The number of aromatic nitrogens is 2. The van der Waals surface area contributed by atoms with Crippen LogP contribution in [0, 0.1) is 10.4 Å². The fourth-order valence-electron chi connectivity index (χ4n) is 1.49. The van der Waals surface area contributed by atoms with Gasteiger partial charge in [0.25, 0.3) is 5.52 Å². The Bertz CT molecular complexity index is 598. The van der Waals surface area contributed by atoms with Gasteiger partial charge in [-0.05, 0) is 0 Å². The molecule has 7 N–H and O–H groups in total. The van der Waals surface area contributed by atoms with Crippen LogP contribution in [0.3, 0.4) is 0 Å². The molecule has 0 aliphatic carbocycles. The number of nitrogens with zero attached hydrogens (tertiary/aromatic N) is 2. The highest BCUT2D eigenvalue weighted by Gasteiger charge is 2.22. The van der Waals surface area contributed by atoms with Crippen molar-refractivity contribution in [3.8, 4) is 5.75 Å². The molecule has 0 amide bonds. The van der Waals surface area contributed by atoms with Crippen molar-refractivity contribution in [3.05, 3.63) is 22.9 Å².